The second-order valence-corrected chi connectivity index (χ2v) is 9.25. The van der Waals surface area contributed by atoms with Gasteiger partial charge in [-0.05, 0) is 44.7 Å². The van der Waals surface area contributed by atoms with Gasteiger partial charge in [-0.3, -0.25) is 4.90 Å². The molecular formula is C25H39N3O4. The van der Waals surface area contributed by atoms with Crippen LogP contribution >= 0.6 is 0 Å². The number of para-hydroxylation sites is 2. The summed E-state index contributed by atoms with van der Waals surface area (Å²) in [4.78, 5) is 17.6. The summed E-state index contributed by atoms with van der Waals surface area (Å²) in [6.45, 7) is 6.45. The zero-order valence-corrected chi connectivity index (χ0v) is 19.7. The number of methoxy groups -OCH3 is 1. The average molecular weight is 446 g/mol. The molecule has 2 saturated heterocycles. The first-order valence-corrected chi connectivity index (χ1v) is 12.3. The normalized spacial score (nSPS) is 23.7. The van der Waals surface area contributed by atoms with Crippen LogP contribution in [-0.2, 0) is 9.47 Å². The topological polar surface area (TPSA) is 63.3 Å². The van der Waals surface area contributed by atoms with Crippen LogP contribution in [0.5, 0.6) is 5.75 Å². The fourth-order valence-electron chi connectivity index (χ4n) is 5.80. The molecular weight excluding hydrogens is 406 g/mol. The highest BCUT2D eigenvalue weighted by Crippen LogP contribution is 2.47. The Morgan fingerprint density at radius 3 is 2.59 bits per heavy atom. The number of carbonyl (C=O) groups excluding carboxylic acids is 1. The van der Waals surface area contributed by atoms with Crippen molar-refractivity contribution in [3.8, 4) is 5.75 Å². The number of anilines is 1. The third-order valence-electron chi connectivity index (χ3n) is 7.48. The number of rotatable bonds is 8. The van der Waals surface area contributed by atoms with Gasteiger partial charge in [0.25, 0.3) is 0 Å². The van der Waals surface area contributed by atoms with E-state index in [4.69, 9.17) is 14.2 Å². The van der Waals surface area contributed by atoms with Crippen molar-refractivity contribution >= 4 is 11.7 Å². The number of nitrogens with one attached hydrogen (secondary N) is 1. The second-order valence-electron chi connectivity index (χ2n) is 9.25. The molecule has 178 valence electrons. The van der Waals surface area contributed by atoms with Crippen LogP contribution in [0.1, 0.15) is 51.9 Å². The lowest BCUT2D eigenvalue weighted by Crippen LogP contribution is -2.75. The van der Waals surface area contributed by atoms with E-state index >= 15 is 0 Å². The first-order chi connectivity index (χ1) is 15.7. The summed E-state index contributed by atoms with van der Waals surface area (Å²) >= 11 is 0. The van der Waals surface area contributed by atoms with E-state index in [0.717, 1.165) is 43.9 Å². The monoisotopic (exact) mass is 445 g/mol. The van der Waals surface area contributed by atoms with E-state index in [1.54, 1.807) is 7.11 Å². The summed E-state index contributed by atoms with van der Waals surface area (Å²) < 4.78 is 17.1. The van der Waals surface area contributed by atoms with Crippen molar-refractivity contribution in [2.24, 2.45) is 0 Å². The van der Waals surface area contributed by atoms with Crippen molar-refractivity contribution in [1.82, 2.24) is 9.80 Å². The lowest BCUT2D eigenvalue weighted by atomic mass is 9.69. The lowest BCUT2D eigenvalue weighted by molar-refractivity contribution is -0.203. The molecule has 7 heteroatoms. The van der Waals surface area contributed by atoms with Gasteiger partial charge in [0.15, 0.2) is 0 Å². The zero-order valence-electron chi connectivity index (χ0n) is 19.7. The molecule has 1 aromatic carbocycles. The fourth-order valence-corrected chi connectivity index (χ4v) is 5.80. The summed E-state index contributed by atoms with van der Waals surface area (Å²) in [7, 11) is 1.73. The predicted molar refractivity (Wildman–Crippen MR) is 125 cm³/mol. The molecule has 7 nitrogen and oxygen atoms in total. The van der Waals surface area contributed by atoms with Crippen molar-refractivity contribution in [3.63, 3.8) is 0 Å². The van der Waals surface area contributed by atoms with Crippen molar-refractivity contribution in [2.45, 2.75) is 69.6 Å². The van der Waals surface area contributed by atoms with Gasteiger partial charge in [0, 0.05) is 38.3 Å². The number of ether oxygens (including phenoxy) is 3. The Morgan fingerprint density at radius 1 is 1.12 bits per heavy atom. The van der Waals surface area contributed by atoms with Crippen molar-refractivity contribution in [2.75, 3.05) is 51.9 Å². The number of hydrogen-bond donors (Lipinski definition) is 1. The lowest BCUT2D eigenvalue weighted by Gasteiger charge is -2.63. The van der Waals surface area contributed by atoms with Crippen LogP contribution in [-0.4, -0.2) is 80.1 Å². The van der Waals surface area contributed by atoms with Gasteiger partial charge in [0.2, 0.25) is 0 Å². The molecule has 3 fully saturated rings. The van der Waals surface area contributed by atoms with Gasteiger partial charge in [-0.15, -0.1) is 0 Å². The number of hydrogen-bond acceptors (Lipinski definition) is 5. The molecule has 0 bridgehead atoms. The highest BCUT2D eigenvalue weighted by molar-refractivity contribution is 5.91. The van der Waals surface area contributed by atoms with E-state index in [1.807, 2.05) is 36.1 Å². The Bertz CT molecular complexity index is 744. The molecule has 0 radical (unpaired) electrons. The maximum Gasteiger partial charge on any atom is 0.321 e. The van der Waals surface area contributed by atoms with Crippen molar-refractivity contribution < 1.29 is 19.0 Å². The molecule has 1 aromatic rings. The fraction of sp³-hybridized carbons (Fsp3) is 0.720. The van der Waals surface area contributed by atoms with E-state index in [9.17, 15) is 4.79 Å². The first kappa shape index (κ1) is 23.3. The number of nitrogens with zero attached hydrogens (tertiary/aromatic N) is 2. The van der Waals surface area contributed by atoms with Gasteiger partial charge in [0.05, 0.1) is 31.6 Å². The number of carbonyl (C=O) groups is 1. The van der Waals surface area contributed by atoms with Gasteiger partial charge >= 0.3 is 6.03 Å². The molecule has 4 rings (SSSR count). The van der Waals surface area contributed by atoms with Crippen LogP contribution < -0.4 is 10.1 Å². The maximum absolute atomic E-state index is 12.9. The van der Waals surface area contributed by atoms with Gasteiger partial charge in [-0.1, -0.05) is 31.4 Å². The quantitative estimate of drug-likeness (QED) is 0.610. The molecule has 1 saturated carbocycles. The minimum Gasteiger partial charge on any atom is -0.492 e. The molecule has 0 aromatic heterocycles. The predicted octanol–water partition coefficient (Wildman–Crippen LogP) is 4.13. The second kappa shape index (κ2) is 10.9. The average Bonchev–Trinajstić information content (AvgIpc) is 2.83. The largest absolute Gasteiger partial charge is 0.492 e. The minimum atomic E-state index is -0.0348. The van der Waals surface area contributed by atoms with Gasteiger partial charge < -0.3 is 24.4 Å². The van der Waals surface area contributed by atoms with E-state index in [0.29, 0.717) is 32.0 Å². The molecule has 1 atom stereocenters. The van der Waals surface area contributed by atoms with Crippen LogP contribution in [0.3, 0.4) is 0 Å². The van der Waals surface area contributed by atoms with Gasteiger partial charge in [-0.2, -0.15) is 0 Å². The summed E-state index contributed by atoms with van der Waals surface area (Å²) in [6, 6.07) is 8.13. The Hall–Kier alpha value is -1.83. The molecule has 1 unspecified atom stereocenters. The molecule has 2 amide bonds. The smallest absolute Gasteiger partial charge is 0.321 e. The summed E-state index contributed by atoms with van der Waals surface area (Å²) in [5.74, 6) is 0.720. The van der Waals surface area contributed by atoms with E-state index in [-0.39, 0.29) is 11.6 Å². The third kappa shape index (κ3) is 4.90. The standard InChI is InChI=1S/C25H39N3O4/c1-3-31-22-10-6-5-9-21(22)26-24(29)27-15-11-20(12-16-27)28-19-23(32-18-17-30-2)25(28)13-7-4-8-14-25/h5-6,9-10,20,23H,3-4,7-8,11-19H2,1-2H3,(H,26,29). The Morgan fingerprint density at radius 2 is 1.88 bits per heavy atom. The van der Waals surface area contributed by atoms with Crippen LogP contribution in [0.25, 0.3) is 0 Å². The number of amides is 2. The summed E-state index contributed by atoms with van der Waals surface area (Å²) in [5, 5.41) is 3.05. The maximum atomic E-state index is 12.9. The number of urea groups is 1. The van der Waals surface area contributed by atoms with Crippen LogP contribution in [0, 0.1) is 0 Å². The number of benzene rings is 1. The van der Waals surface area contributed by atoms with Crippen LogP contribution in [0.15, 0.2) is 24.3 Å². The van der Waals surface area contributed by atoms with E-state index in [1.165, 1.54) is 32.1 Å². The van der Waals surface area contributed by atoms with E-state index in [2.05, 4.69) is 10.2 Å². The third-order valence-corrected chi connectivity index (χ3v) is 7.48. The van der Waals surface area contributed by atoms with Crippen LogP contribution in [0.4, 0.5) is 10.5 Å². The number of piperidine rings is 1. The molecule has 2 aliphatic heterocycles. The molecule has 1 spiro atoms. The highest BCUT2D eigenvalue weighted by atomic mass is 16.5. The first-order valence-electron chi connectivity index (χ1n) is 12.3. The number of likely N-dealkylation sites (tertiary alicyclic amines) is 2. The minimum absolute atomic E-state index is 0.0348. The van der Waals surface area contributed by atoms with E-state index < -0.39 is 0 Å². The molecule has 1 aliphatic carbocycles. The van der Waals surface area contributed by atoms with Gasteiger partial charge in [0.1, 0.15) is 5.75 Å². The summed E-state index contributed by atoms with van der Waals surface area (Å²) in [5.41, 5.74) is 0.943. The molecule has 3 aliphatic rings. The Balaban J connectivity index is 1.32. The Labute approximate surface area is 192 Å². The highest BCUT2D eigenvalue weighted by Gasteiger charge is 2.56. The molecule has 2 heterocycles. The van der Waals surface area contributed by atoms with Crippen molar-refractivity contribution in [1.29, 1.82) is 0 Å². The van der Waals surface area contributed by atoms with Crippen molar-refractivity contribution in [3.05, 3.63) is 24.3 Å². The Kier molecular flexibility index (Phi) is 7.92. The molecule has 32 heavy (non-hydrogen) atoms. The molecule has 1 N–H and O–H groups in total. The summed E-state index contributed by atoms with van der Waals surface area (Å²) in [6.07, 6.45) is 8.76. The SMILES string of the molecule is CCOc1ccccc1NC(=O)N1CCC(N2CC(OCCOC)C23CCCCC3)CC1. The van der Waals surface area contributed by atoms with Gasteiger partial charge in [-0.25, -0.2) is 4.79 Å². The van der Waals surface area contributed by atoms with Crippen LogP contribution in [0.2, 0.25) is 0 Å². The zero-order chi connectivity index (χ0) is 22.4.